The van der Waals surface area contributed by atoms with Gasteiger partial charge in [0, 0.05) is 6.42 Å². The SMILES string of the molecule is Cc1ccc(S(=O)(=O)OC[C@]2(C)C[C@@H](C)OC(C)(C)O2)cc1. The lowest BCUT2D eigenvalue weighted by Gasteiger charge is -2.45. The molecule has 1 fully saturated rings. The lowest BCUT2D eigenvalue weighted by Crippen LogP contribution is -2.52. The maximum Gasteiger partial charge on any atom is 0.297 e. The maximum absolute atomic E-state index is 12.3. The smallest absolute Gasteiger partial charge is 0.297 e. The van der Waals surface area contributed by atoms with Gasteiger partial charge in [0.05, 0.1) is 23.2 Å². The molecule has 0 N–H and O–H groups in total. The van der Waals surface area contributed by atoms with Crippen molar-refractivity contribution in [3.8, 4) is 0 Å². The van der Waals surface area contributed by atoms with Gasteiger partial charge in [0.25, 0.3) is 10.1 Å². The minimum atomic E-state index is -3.79. The molecule has 0 unspecified atom stereocenters. The van der Waals surface area contributed by atoms with Gasteiger partial charge in [-0.3, -0.25) is 4.18 Å². The topological polar surface area (TPSA) is 61.8 Å². The van der Waals surface area contributed by atoms with Gasteiger partial charge in [-0.1, -0.05) is 17.7 Å². The van der Waals surface area contributed by atoms with E-state index >= 15 is 0 Å². The van der Waals surface area contributed by atoms with E-state index in [1.807, 2.05) is 34.6 Å². The summed E-state index contributed by atoms with van der Waals surface area (Å²) in [4.78, 5) is 0.154. The van der Waals surface area contributed by atoms with Crippen molar-refractivity contribution < 1.29 is 22.1 Å². The summed E-state index contributed by atoms with van der Waals surface area (Å²) in [5, 5.41) is 0. The highest BCUT2D eigenvalue weighted by atomic mass is 32.2. The highest BCUT2D eigenvalue weighted by Crippen LogP contribution is 2.34. The number of ether oxygens (including phenoxy) is 2. The normalized spacial score (nSPS) is 28.5. The number of aryl methyl sites for hydroxylation is 1. The standard InChI is InChI=1S/C16H24O5S/c1-12-6-8-14(9-7-12)22(17,18)19-11-16(5)10-13(2)20-15(3,4)21-16/h6-9,13H,10-11H2,1-5H3/t13-,16+/m1/s1. The van der Waals surface area contributed by atoms with Gasteiger partial charge in [0.2, 0.25) is 0 Å². The van der Waals surface area contributed by atoms with Gasteiger partial charge in [0.15, 0.2) is 5.79 Å². The Morgan fingerprint density at radius 2 is 1.82 bits per heavy atom. The van der Waals surface area contributed by atoms with Crippen LogP contribution >= 0.6 is 0 Å². The first-order chi connectivity index (χ1) is 10.0. The molecule has 0 aliphatic carbocycles. The molecule has 0 aromatic heterocycles. The van der Waals surface area contributed by atoms with Crippen molar-refractivity contribution in [2.75, 3.05) is 6.61 Å². The largest absolute Gasteiger partial charge is 0.347 e. The molecule has 2 rings (SSSR count). The average Bonchev–Trinajstić information content (AvgIpc) is 2.34. The average molecular weight is 328 g/mol. The fourth-order valence-corrected chi connectivity index (χ4v) is 3.87. The van der Waals surface area contributed by atoms with E-state index in [4.69, 9.17) is 13.7 Å². The van der Waals surface area contributed by atoms with Gasteiger partial charge in [0.1, 0.15) is 0 Å². The molecular weight excluding hydrogens is 304 g/mol. The van der Waals surface area contributed by atoms with Gasteiger partial charge in [-0.15, -0.1) is 0 Å². The van der Waals surface area contributed by atoms with Crippen LogP contribution in [0.3, 0.4) is 0 Å². The summed E-state index contributed by atoms with van der Waals surface area (Å²) >= 11 is 0. The lowest BCUT2D eigenvalue weighted by molar-refractivity contribution is -0.330. The third-order valence-corrected chi connectivity index (χ3v) is 4.80. The van der Waals surface area contributed by atoms with Crippen LogP contribution in [0.5, 0.6) is 0 Å². The molecule has 1 heterocycles. The molecule has 0 radical (unpaired) electrons. The van der Waals surface area contributed by atoms with E-state index in [-0.39, 0.29) is 17.6 Å². The van der Waals surface area contributed by atoms with Gasteiger partial charge in [-0.2, -0.15) is 8.42 Å². The van der Waals surface area contributed by atoms with Crippen LogP contribution in [-0.2, 0) is 23.8 Å². The van der Waals surface area contributed by atoms with Crippen LogP contribution in [-0.4, -0.2) is 32.5 Å². The molecule has 1 aliphatic rings. The second-order valence-corrected chi connectivity index (χ2v) is 8.23. The first-order valence-corrected chi connectivity index (χ1v) is 8.76. The zero-order valence-electron chi connectivity index (χ0n) is 13.8. The quantitative estimate of drug-likeness (QED) is 0.795. The van der Waals surface area contributed by atoms with Gasteiger partial charge in [-0.05, 0) is 46.8 Å². The summed E-state index contributed by atoms with van der Waals surface area (Å²) in [5.41, 5.74) is 0.285. The Labute approximate surface area is 132 Å². The Morgan fingerprint density at radius 1 is 1.23 bits per heavy atom. The third-order valence-electron chi connectivity index (χ3n) is 3.53. The van der Waals surface area contributed by atoms with Gasteiger partial charge >= 0.3 is 0 Å². The van der Waals surface area contributed by atoms with Crippen LogP contribution in [0.4, 0.5) is 0 Å². The summed E-state index contributed by atoms with van der Waals surface area (Å²) < 4.78 is 41.3. The molecule has 124 valence electrons. The van der Waals surface area contributed by atoms with Crippen molar-refractivity contribution in [3.63, 3.8) is 0 Å². The maximum atomic E-state index is 12.3. The monoisotopic (exact) mass is 328 g/mol. The Balaban J connectivity index is 2.09. The van der Waals surface area contributed by atoms with Crippen LogP contribution in [0, 0.1) is 6.92 Å². The molecule has 2 atom stereocenters. The zero-order valence-corrected chi connectivity index (χ0v) is 14.6. The van der Waals surface area contributed by atoms with E-state index in [9.17, 15) is 8.42 Å². The van der Waals surface area contributed by atoms with Crippen LogP contribution in [0.25, 0.3) is 0 Å². The van der Waals surface area contributed by atoms with Crippen molar-refractivity contribution in [1.82, 2.24) is 0 Å². The number of rotatable bonds is 4. The summed E-state index contributed by atoms with van der Waals surface area (Å²) in [6, 6.07) is 6.58. The minimum Gasteiger partial charge on any atom is -0.347 e. The van der Waals surface area contributed by atoms with Crippen LogP contribution < -0.4 is 0 Å². The van der Waals surface area contributed by atoms with Crippen molar-refractivity contribution in [2.45, 2.75) is 63.4 Å². The van der Waals surface area contributed by atoms with E-state index in [0.29, 0.717) is 6.42 Å². The molecule has 0 bridgehead atoms. The zero-order chi connectivity index (χ0) is 16.6. The molecule has 1 aromatic carbocycles. The molecule has 5 nitrogen and oxygen atoms in total. The second-order valence-electron chi connectivity index (χ2n) is 6.61. The second kappa shape index (κ2) is 5.92. The van der Waals surface area contributed by atoms with Crippen molar-refractivity contribution in [1.29, 1.82) is 0 Å². The van der Waals surface area contributed by atoms with Crippen molar-refractivity contribution in [2.24, 2.45) is 0 Å². The molecule has 1 aliphatic heterocycles. The minimum absolute atomic E-state index is 0.0283. The molecule has 0 saturated carbocycles. The summed E-state index contributed by atoms with van der Waals surface area (Å²) in [7, 11) is -3.79. The predicted molar refractivity (Wildman–Crippen MR) is 83.0 cm³/mol. The molecule has 0 spiro atoms. The fraction of sp³-hybridized carbons (Fsp3) is 0.625. The van der Waals surface area contributed by atoms with Crippen LogP contribution in [0.15, 0.2) is 29.2 Å². The summed E-state index contributed by atoms with van der Waals surface area (Å²) in [6.07, 6.45) is 0.541. The Kier molecular flexibility index (Phi) is 4.69. The number of hydrogen-bond acceptors (Lipinski definition) is 5. The molecule has 6 heteroatoms. The van der Waals surface area contributed by atoms with Crippen LogP contribution in [0.1, 0.15) is 39.7 Å². The van der Waals surface area contributed by atoms with E-state index in [2.05, 4.69) is 0 Å². The Bertz CT molecular complexity index is 620. The van der Waals surface area contributed by atoms with Gasteiger partial charge in [-0.25, -0.2) is 0 Å². The predicted octanol–water partition coefficient (Wildman–Crippen LogP) is 3.02. The summed E-state index contributed by atoms with van der Waals surface area (Å²) in [6.45, 7) is 9.28. The van der Waals surface area contributed by atoms with E-state index in [1.54, 1.807) is 24.3 Å². The fourth-order valence-electron chi connectivity index (χ4n) is 2.86. The first-order valence-electron chi connectivity index (χ1n) is 7.35. The molecule has 1 saturated heterocycles. The number of benzene rings is 1. The highest BCUT2D eigenvalue weighted by molar-refractivity contribution is 7.86. The molecule has 22 heavy (non-hydrogen) atoms. The van der Waals surface area contributed by atoms with E-state index in [1.165, 1.54) is 0 Å². The first kappa shape index (κ1) is 17.4. The third kappa shape index (κ3) is 4.29. The molecule has 1 aromatic rings. The van der Waals surface area contributed by atoms with Gasteiger partial charge < -0.3 is 9.47 Å². The molecular formula is C16H24O5S. The van der Waals surface area contributed by atoms with Crippen molar-refractivity contribution >= 4 is 10.1 Å². The van der Waals surface area contributed by atoms with E-state index in [0.717, 1.165) is 5.56 Å². The Morgan fingerprint density at radius 3 is 2.36 bits per heavy atom. The molecule has 0 amide bonds. The Hall–Kier alpha value is -0.950. The van der Waals surface area contributed by atoms with E-state index < -0.39 is 21.5 Å². The van der Waals surface area contributed by atoms with Crippen molar-refractivity contribution in [3.05, 3.63) is 29.8 Å². The lowest BCUT2D eigenvalue weighted by atomic mass is 9.97. The summed E-state index contributed by atoms with van der Waals surface area (Å²) in [5.74, 6) is -0.761. The number of hydrogen-bond donors (Lipinski definition) is 0. The van der Waals surface area contributed by atoms with Crippen LogP contribution in [0.2, 0.25) is 0 Å². The highest BCUT2D eigenvalue weighted by Gasteiger charge is 2.42.